The van der Waals surface area contributed by atoms with Crippen LogP contribution in [-0.2, 0) is 6.54 Å². The number of ether oxygens (including phenoxy) is 2. The number of carbonyl (C=O) groups is 1. The van der Waals surface area contributed by atoms with Gasteiger partial charge in [-0.2, -0.15) is 0 Å². The standard InChI is InChI=1S/C18H15NO4/c1-11-3-2-4-13-8-16(23-17(11)13)18(20)19-9-12-5-6-14-15(7-12)22-10-21-14/h2-8H,9-10H2,1H3,(H,19,20). The molecule has 0 radical (unpaired) electrons. The number of rotatable bonds is 3. The molecule has 5 nitrogen and oxygen atoms in total. The summed E-state index contributed by atoms with van der Waals surface area (Å²) in [6.07, 6.45) is 0. The molecular weight excluding hydrogens is 294 g/mol. The largest absolute Gasteiger partial charge is 0.454 e. The molecule has 2 aromatic carbocycles. The van der Waals surface area contributed by atoms with E-state index in [0.29, 0.717) is 18.1 Å². The van der Waals surface area contributed by atoms with Crippen LogP contribution in [0.3, 0.4) is 0 Å². The first kappa shape index (κ1) is 13.7. The van der Waals surface area contributed by atoms with E-state index in [4.69, 9.17) is 13.9 Å². The van der Waals surface area contributed by atoms with Gasteiger partial charge in [0, 0.05) is 11.9 Å². The lowest BCUT2D eigenvalue weighted by atomic mass is 10.2. The number of carbonyl (C=O) groups excluding carboxylic acids is 1. The molecule has 2 heterocycles. The van der Waals surface area contributed by atoms with Gasteiger partial charge in [0.1, 0.15) is 5.58 Å². The van der Waals surface area contributed by atoms with E-state index in [1.54, 1.807) is 6.07 Å². The van der Waals surface area contributed by atoms with Gasteiger partial charge in [-0.1, -0.05) is 24.3 Å². The van der Waals surface area contributed by atoms with Crippen LogP contribution in [0.5, 0.6) is 11.5 Å². The van der Waals surface area contributed by atoms with Crippen LogP contribution in [0.1, 0.15) is 21.7 Å². The van der Waals surface area contributed by atoms with Crippen molar-refractivity contribution >= 4 is 16.9 Å². The number of fused-ring (bicyclic) bond motifs is 2. The van der Waals surface area contributed by atoms with Gasteiger partial charge in [-0.15, -0.1) is 0 Å². The zero-order valence-electron chi connectivity index (χ0n) is 12.6. The van der Waals surface area contributed by atoms with E-state index in [0.717, 1.165) is 27.8 Å². The Labute approximate surface area is 132 Å². The molecule has 23 heavy (non-hydrogen) atoms. The predicted octanol–water partition coefficient (Wildman–Crippen LogP) is 3.40. The molecule has 0 fully saturated rings. The summed E-state index contributed by atoms with van der Waals surface area (Å²) in [7, 11) is 0. The van der Waals surface area contributed by atoms with Gasteiger partial charge in [0.2, 0.25) is 6.79 Å². The van der Waals surface area contributed by atoms with Gasteiger partial charge >= 0.3 is 0 Å². The lowest BCUT2D eigenvalue weighted by Crippen LogP contribution is -2.22. The topological polar surface area (TPSA) is 60.7 Å². The van der Waals surface area contributed by atoms with Gasteiger partial charge in [0.25, 0.3) is 5.91 Å². The van der Waals surface area contributed by atoms with Crippen molar-refractivity contribution in [3.05, 3.63) is 59.4 Å². The second kappa shape index (κ2) is 5.35. The van der Waals surface area contributed by atoms with E-state index in [-0.39, 0.29) is 12.7 Å². The molecule has 0 unspecified atom stereocenters. The highest BCUT2D eigenvalue weighted by Crippen LogP contribution is 2.32. The third-order valence-electron chi connectivity index (χ3n) is 3.85. The average Bonchev–Trinajstić information content (AvgIpc) is 3.19. The van der Waals surface area contributed by atoms with Crippen LogP contribution in [0.4, 0.5) is 0 Å². The fourth-order valence-corrected chi connectivity index (χ4v) is 2.64. The van der Waals surface area contributed by atoms with Crippen molar-refractivity contribution in [2.45, 2.75) is 13.5 Å². The first-order chi connectivity index (χ1) is 11.2. The zero-order valence-corrected chi connectivity index (χ0v) is 12.6. The Balaban J connectivity index is 1.50. The van der Waals surface area contributed by atoms with E-state index < -0.39 is 0 Å². The molecule has 0 spiro atoms. The summed E-state index contributed by atoms with van der Waals surface area (Å²) >= 11 is 0. The maximum Gasteiger partial charge on any atom is 0.287 e. The van der Waals surface area contributed by atoms with Crippen LogP contribution < -0.4 is 14.8 Å². The molecule has 0 atom stereocenters. The Hall–Kier alpha value is -2.95. The third-order valence-corrected chi connectivity index (χ3v) is 3.85. The highest BCUT2D eigenvalue weighted by atomic mass is 16.7. The maximum absolute atomic E-state index is 12.3. The second-order valence-corrected chi connectivity index (χ2v) is 5.47. The molecule has 1 aliphatic rings. The normalized spacial score (nSPS) is 12.6. The molecule has 5 heteroatoms. The van der Waals surface area contributed by atoms with Crippen LogP contribution in [-0.4, -0.2) is 12.7 Å². The number of hydrogen-bond donors (Lipinski definition) is 1. The van der Waals surface area contributed by atoms with Crippen molar-refractivity contribution in [2.24, 2.45) is 0 Å². The zero-order chi connectivity index (χ0) is 15.8. The smallest absolute Gasteiger partial charge is 0.287 e. The molecular formula is C18H15NO4. The predicted molar refractivity (Wildman–Crippen MR) is 84.7 cm³/mol. The maximum atomic E-state index is 12.3. The summed E-state index contributed by atoms with van der Waals surface area (Å²) in [5, 5.41) is 3.79. The molecule has 1 N–H and O–H groups in total. The number of benzene rings is 2. The van der Waals surface area contributed by atoms with Crippen LogP contribution in [0.15, 0.2) is 46.9 Å². The molecule has 1 amide bonds. The summed E-state index contributed by atoms with van der Waals surface area (Å²) in [4.78, 5) is 12.3. The number of nitrogens with one attached hydrogen (secondary N) is 1. The minimum atomic E-state index is -0.238. The summed E-state index contributed by atoms with van der Waals surface area (Å²) in [6.45, 7) is 2.59. The van der Waals surface area contributed by atoms with Crippen molar-refractivity contribution in [3.8, 4) is 11.5 Å². The van der Waals surface area contributed by atoms with E-state index in [1.165, 1.54) is 0 Å². The van der Waals surface area contributed by atoms with Crippen molar-refractivity contribution in [3.63, 3.8) is 0 Å². The Morgan fingerprint density at radius 1 is 1.13 bits per heavy atom. The third kappa shape index (κ3) is 2.50. The van der Waals surface area contributed by atoms with Crippen LogP contribution in [0.2, 0.25) is 0 Å². The summed E-state index contributed by atoms with van der Waals surface area (Å²) in [6, 6.07) is 13.2. The minimum absolute atomic E-state index is 0.238. The number of aryl methyl sites for hydroxylation is 1. The minimum Gasteiger partial charge on any atom is -0.454 e. The Kier molecular flexibility index (Phi) is 3.19. The number of para-hydroxylation sites is 1. The van der Waals surface area contributed by atoms with Gasteiger partial charge in [0.15, 0.2) is 17.3 Å². The van der Waals surface area contributed by atoms with E-state index >= 15 is 0 Å². The Morgan fingerprint density at radius 2 is 2.00 bits per heavy atom. The van der Waals surface area contributed by atoms with Crippen LogP contribution in [0, 0.1) is 6.92 Å². The monoisotopic (exact) mass is 309 g/mol. The Bertz CT molecular complexity index is 897. The molecule has 0 saturated heterocycles. The fourth-order valence-electron chi connectivity index (χ4n) is 2.64. The summed E-state index contributed by atoms with van der Waals surface area (Å²) < 4.78 is 16.3. The highest BCUT2D eigenvalue weighted by Gasteiger charge is 2.15. The highest BCUT2D eigenvalue weighted by molar-refractivity contribution is 5.96. The van der Waals surface area contributed by atoms with Gasteiger partial charge in [-0.25, -0.2) is 0 Å². The first-order valence-electron chi connectivity index (χ1n) is 7.36. The van der Waals surface area contributed by atoms with Gasteiger partial charge < -0.3 is 19.2 Å². The molecule has 116 valence electrons. The average molecular weight is 309 g/mol. The van der Waals surface area contributed by atoms with E-state index in [1.807, 2.05) is 43.3 Å². The quantitative estimate of drug-likeness (QED) is 0.805. The summed E-state index contributed by atoms with van der Waals surface area (Å²) in [5.74, 6) is 1.51. The summed E-state index contributed by atoms with van der Waals surface area (Å²) in [5.41, 5.74) is 2.70. The van der Waals surface area contributed by atoms with Crippen molar-refractivity contribution in [2.75, 3.05) is 6.79 Å². The van der Waals surface area contributed by atoms with Gasteiger partial charge in [0.05, 0.1) is 0 Å². The van der Waals surface area contributed by atoms with Gasteiger partial charge in [-0.05, 0) is 36.2 Å². The molecule has 0 aliphatic carbocycles. The number of hydrogen-bond acceptors (Lipinski definition) is 4. The molecule has 1 aliphatic heterocycles. The van der Waals surface area contributed by atoms with Crippen molar-refractivity contribution in [1.82, 2.24) is 5.32 Å². The lowest BCUT2D eigenvalue weighted by molar-refractivity contribution is 0.0925. The Morgan fingerprint density at radius 3 is 2.87 bits per heavy atom. The van der Waals surface area contributed by atoms with E-state index in [9.17, 15) is 4.79 Å². The molecule has 0 bridgehead atoms. The lowest BCUT2D eigenvalue weighted by Gasteiger charge is -2.04. The van der Waals surface area contributed by atoms with Gasteiger partial charge in [-0.3, -0.25) is 4.79 Å². The number of amides is 1. The second-order valence-electron chi connectivity index (χ2n) is 5.47. The van der Waals surface area contributed by atoms with E-state index in [2.05, 4.69) is 5.32 Å². The van der Waals surface area contributed by atoms with Crippen molar-refractivity contribution < 1.29 is 18.7 Å². The molecule has 1 aromatic heterocycles. The van der Waals surface area contributed by atoms with Crippen LogP contribution in [0.25, 0.3) is 11.0 Å². The SMILES string of the molecule is Cc1cccc2cc(C(=O)NCc3ccc4c(c3)OCO4)oc12. The fraction of sp³-hybridized carbons (Fsp3) is 0.167. The molecule has 0 saturated carbocycles. The van der Waals surface area contributed by atoms with Crippen LogP contribution >= 0.6 is 0 Å². The van der Waals surface area contributed by atoms with Crippen molar-refractivity contribution in [1.29, 1.82) is 0 Å². The number of furan rings is 1. The molecule has 4 rings (SSSR count). The molecule has 3 aromatic rings. The first-order valence-corrected chi connectivity index (χ1v) is 7.36.